The molecule has 0 saturated carbocycles. The maximum absolute atomic E-state index is 13.8. The van der Waals surface area contributed by atoms with E-state index in [9.17, 15) is 19.5 Å². The lowest BCUT2D eigenvalue weighted by Gasteiger charge is -2.34. The van der Waals surface area contributed by atoms with Crippen LogP contribution in [0.25, 0.3) is 6.08 Å². The highest BCUT2D eigenvalue weighted by Crippen LogP contribution is 2.27. The zero-order chi connectivity index (χ0) is 29.7. The largest absolute Gasteiger partial charge is 0.396 e. The van der Waals surface area contributed by atoms with Crippen LogP contribution in [0.15, 0.2) is 36.4 Å². The van der Waals surface area contributed by atoms with Crippen LogP contribution >= 0.6 is 0 Å². The SMILES string of the molecule is CC(C)C[C@@H](C(=O)NN(CC(C)(C)CO)C(=O)[C@@H](C)N)[C@H](C/C=C/c1ccccc1)C(=O)NOC1CCCCO1. The Morgan fingerprint density at radius 3 is 2.42 bits per heavy atom. The number of hydrogen-bond donors (Lipinski definition) is 4. The average Bonchev–Trinajstić information content (AvgIpc) is 2.93. The molecule has 3 amide bonds. The van der Waals surface area contributed by atoms with Crippen molar-refractivity contribution < 1.29 is 29.1 Å². The summed E-state index contributed by atoms with van der Waals surface area (Å²) in [5.74, 6) is -2.88. The summed E-state index contributed by atoms with van der Waals surface area (Å²) in [5.41, 5.74) is 11.4. The number of hydroxylamine groups is 1. The van der Waals surface area contributed by atoms with E-state index >= 15 is 0 Å². The van der Waals surface area contributed by atoms with Crippen LogP contribution in [0.5, 0.6) is 0 Å². The van der Waals surface area contributed by atoms with Gasteiger partial charge in [-0.15, -0.1) is 0 Å². The number of aliphatic hydroxyl groups is 1. The zero-order valence-corrected chi connectivity index (χ0v) is 24.6. The van der Waals surface area contributed by atoms with Crippen molar-refractivity contribution in [2.75, 3.05) is 19.8 Å². The van der Waals surface area contributed by atoms with Crippen molar-refractivity contribution in [3.8, 4) is 0 Å². The van der Waals surface area contributed by atoms with E-state index in [2.05, 4.69) is 10.9 Å². The second kappa shape index (κ2) is 16.5. The molecule has 1 unspecified atom stereocenters. The molecule has 10 nitrogen and oxygen atoms in total. The quantitative estimate of drug-likeness (QED) is 0.256. The molecule has 4 atom stereocenters. The van der Waals surface area contributed by atoms with Gasteiger partial charge in [0.15, 0.2) is 6.29 Å². The number of rotatable bonds is 14. The molecule has 0 bridgehead atoms. The number of hydrogen-bond acceptors (Lipinski definition) is 7. The second-order valence-electron chi connectivity index (χ2n) is 11.8. The molecule has 0 radical (unpaired) electrons. The second-order valence-corrected chi connectivity index (χ2v) is 11.8. The Balaban J connectivity index is 2.32. The number of ether oxygens (including phenoxy) is 1. The number of nitrogens with two attached hydrogens (primary N) is 1. The number of carbonyl (C=O) groups excluding carboxylic acids is 3. The third-order valence-electron chi connectivity index (χ3n) is 6.73. The molecule has 0 aromatic heterocycles. The van der Waals surface area contributed by atoms with Gasteiger partial charge in [-0.3, -0.25) is 24.8 Å². The first kappa shape index (κ1) is 33.4. The number of carbonyl (C=O) groups is 3. The summed E-state index contributed by atoms with van der Waals surface area (Å²) in [4.78, 5) is 45.8. The molecule has 1 aromatic rings. The van der Waals surface area contributed by atoms with Crippen molar-refractivity contribution in [3.63, 3.8) is 0 Å². The number of hydrazine groups is 1. The summed E-state index contributed by atoms with van der Waals surface area (Å²) < 4.78 is 5.57. The number of amides is 3. The van der Waals surface area contributed by atoms with Gasteiger partial charge < -0.3 is 15.6 Å². The molecule has 5 N–H and O–H groups in total. The predicted molar refractivity (Wildman–Crippen MR) is 154 cm³/mol. The van der Waals surface area contributed by atoms with Crippen LogP contribution in [0, 0.1) is 23.2 Å². The summed E-state index contributed by atoms with van der Waals surface area (Å²) in [6.45, 7) is 9.46. The Bertz CT molecular complexity index is 960. The van der Waals surface area contributed by atoms with E-state index in [-0.39, 0.29) is 25.5 Å². The number of allylic oxidation sites excluding steroid dienone is 1. The third-order valence-corrected chi connectivity index (χ3v) is 6.73. The minimum Gasteiger partial charge on any atom is -0.396 e. The van der Waals surface area contributed by atoms with Gasteiger partial charge in [0.05, 0.1) is 17.9 Å². The first-order chi connectivity index (χ1) is 18.9. The average molecular weight is 561 g/mol. The van der Waals surface area contributed by atoms with E-state index in [0.717, 1.165) is 23.4 Å². The lowest BCUT2D eigenvalue weighted by atomic mass is 9.82. The molecule has 224 valence electrons. The minimum absolute atomic E-state index is 0.0525. The first-order valence-electron chi connectivity index (χ1n) is 14.2. The van der Waals surface area contributed by atoms with Crippen LogP contribution in [-0.4, -0.2) is 59.9 Å². The Kier molecular flexibility index (Phi) is 13.8. The van der Waals surface area contributed by atoms with Crippen molar-refractivity contribution in [1.29, 1.82) is 0 Å². The Morgan fingerprint density at radius 1 is 1.15 bits per heavy atom. The molecule has 10 heteroatoms. The normalized spacial score (nSPS) is 18.2. The predicted octanol–water partition coefficient (Wildman–Crippen LogP) is 3.17. The fourth-order valence-corrected chi connectivity index (χ4v) is 4.45. The van der Waals surface area contributed by atoms with Gasteiger partial charge in [0.1, 0.15) is 0 Å². The number of benzene rings is 1. The Labute approximate surface area is 238 Å². The summed E-state index contributed by atoms with van der Waals surface area (Å²) in [6, 6.07) is 8.81. The monoisotopic (exact) mass is 560 g/mol. The molecule has 1 aliphatic rings. The van der Waals surface area contributed by atoms with Crippen molar-refractivity contribution in [2.24, 2.45) is 28.9 Å². The van der Waals surface area contributed by atoms with Gasteiger partial charge in [0.25, 0.3) is 5.91 Å². The molecular formula is C30H48N4O6. The standard InChI is InChI=1S/C30H48N4O6/c1-21(2)18-25(27(36)32-34(29(38)22(3)31)19-30(4,5)20-35)24(15-11-14-23-12-7-6-8-13-23)28(37)33-40-26-16-9-10-17-39-26/h6-8,11-14,21-22,24-26,35H,9-10,15-20,31H2,1-5H3,(H,32,36)(H,33,37)/b14-11+/t22-,24+,25-,26?/m1/s1. The minimum atomic E-state index is -0.866. The molecule has 0 spiro atoms. The maximum atomic E-state index is 13.8. The molecule has 1 heterocycles. The van der Waals surface area contributed by atoms with E-state index in [0.29, 0.717) is 19.4 Å². The first-order valence-corrected chi connectivity index (χ1v) is 14.2. The third kappa shape index (κ3) is 11.4. The van der Waals surface area contributed by atoms with E-state index < -0.39 is 47.3 Å². The Morgan fingerprint density at radius 2 is 1.85 bits per heavy atom. The molecule has 40 heavy (non-hydrogen) atoms. The molecule has 1 fully saturated rings. The lowest BCUT2D eigenvalue weighted by molar-refractivity contribution is -0.203. The molecule has 0 aliphatic carbocycles. The van der Waals surface area contributed by atoms with E-state index in [1.807, 2.05) is 56.3 Å². The van der Waals surface area contributed by atoms with Crippen LogP contribution in [0.4, 0.5) is 0 Å². The number of nitrogens with one attached hydrogen (secondary N) is 2. The van der Waals surface area contributed by atoms with Gasteiger partial charge in [0, 0.05) is 31.6 Å². The number of nitrogens with zero attached hydrogens (tertiary/aromatic N) is 1. The summed E-state index contributed by atoms with van der Waals surface area (Å²) in [6.07, 6.45) is 6.47. The maximum Gasteiger partial charge on any atom is 0.257 e. The molecule has 1 saturated heterocycles. The molecular weight excluding hydrogens is 512 g/mol. The Hall–Kier alpha value is -2.79. The highest BCUT2D eigenvalue weighted by atomic mass is 16.8. The van der Waals surface area contributed by atoms with E-state index in [1.54, 1.807) is 13.8 Å². The van der Waals surface area contributed by atoms with Crippen LogP contribution < -0.4 is 16.6 Å². The lowest BCUT2D eigenvalue weighted by Crippen LogP contribution is -2.57. The van der Waals surface area contributed by atoms with Crippen LogP contribution in [0.3, 0.4) is 0 Å². The fraction of sp³-hybridized carbons (Fsp3) is 0.633. The van der Waals surface area contributed by atoms with Gasteiger partial charge in [-0.2, -0.15) is 0 Å². The fourth-order valence-electron chi connectivity index (χ4n) is 4.45. The van der Waals surface area contributed by atoms with Crippen LogP contribution in [0.1, 0.15) is 72.3 Å². The topological polar surface area (TPSA) is 143 Å². The van der Waals surface area contributed by atoms with Gasteiger partial charge >= 0.3 is 0 Å². The molecule has 1 aliphatic heterocycles. The van der Waals surface area contributed by atoms with E-state index in [4.69, 9.17) is 15.3 Å². The molecule has 2 rings (SSSR count). The highest BCUT2D eigenvalue weighted by molar-refractivity contribution is 5.89. The smallest absolute Gasteiger partial charge is 0.257 e. The summed E-state index contributed by atoms with van der Waals surface area (Å²) in [7, 11) is 0. The van der Waals surface area contributed by atoms with Gasteiger partial charge in [0.2, 0.25) is 11.8 Å². The van der Waals surface area contributed by atoms with Gasteiger partial charge in [-0.05, 0) is 44.1 Å². The summed E-state index contributed by atoms with van der Waals surface area (Å²) in [5, 5.41) is 10.9. The van der Waals surface area contributed by atoms with Crippen LogP contribution in [-0.2, 0) is 24.0 Å². The van der Waals surface area contributed by atoms with Crippen molar-refractivity contribution in [1.82, 2.24) is 15.9 Å². The van der Waals surface area contributed by atoms with Crippen LogP contribution in [0.2, 0.25) is 0 Å². The van der Waals surface area contributed by atoms with Crippen molar-refractivity contribution >= 4 is 23.8 Å². The van der Waals surface area contributed by atoms with E-state index in [1.165, 1.54) is 6.92 Å². The molecule has 1 aromatic carbocycles. The summed E-state index contributed by atoms with van der Waals surface area (Å²) >= 11 is 0. The van der Waals surface area contributed by atoms with Crippen molar-refractivity contribution in [3.05, 3.63) is 42.0 Å². The number of aliphatic hydroxyl groups excluding tert-OH is 1. The van der Waals surface area contributed by atoms with Gasteiger partial charge in [-0.25, -0.2) is 10.3 Å². The van der Waals surface area contributed by atoms with Gasteiger partial charge in [-0.1, -0.05) is 70.2 Å². The highest BCUT2D eigenvalue weighted by Gasteiger charge is 2.37. The zero-order valence-electron chi connectivity index (χ0n) is 24.6. The van der Waals surface area contributed by atoms with Crippen molar-refractivity contribution in [2.45, 2.75) is 79.1 Å².